The molecule has 2 N–H and O–H groups in total. The summed E-state index contributed by atoms with van der Waals surface area (Å²) in [5.74, 6) is 10.3. The molecular weight excluding hydrogens is 260 g/mol. The molecule has 6 heteroatoms. The molecule has 1 aromatic heterocycles. The number of ether oxygens (including phenoxy) is 1. The van der Waals surface area contributed by atoms with Gasteiger partial charge in [-0.25, -0.2) is 4.68 Å². The Balaban J connectivity index is 1.55. The molecule has 5 nitrogen and oxygen atoms in total. The summed E-state index contributed by atoms with van der Waals surface area (Å²) in [5, 5.41) is 9.11. The van der Waals surface area contributed by atoms with E-state index < -0.39 is 0 Å². The number of nitrogen functional groups attached to an aromatic ring is 1. The molecule has 1 heterocycles. The predicted octanol–water partition coefficient (Wildman–Crippen LogP) is 1.49. The quantitative estimate of drug-likeness (QED) is 0.486. The van der Waals surface area contributed by atoms with Crippen molar-refractivity contribution in [1.29, 1.82) is 0 Å². The van der Waals surface area contributed by atoms with Gasteiger partial charge in [-0.3, -0.25) is 0 Å². The Morgan fingerprint density at radius 3 is 3.00 bits per heavy atom. The van der Waals surface area contributed by atoms with Crippen molar-refractivity contribution in [3.05, 3.63) is 18.0 Å². The summed E-state index contributed by atoms with van der Waals surface area (Å²) in [6.07, 6.45) is 8.14. The predicted molar refractivity (Wildman–Crippen MR) is 75.3 cm³/mol. The third-order valence-electron chi connectivity index (χ3n) is 4.11. The topological polar surface area (TPSA) is 66.0 Å². The first-order valence-corrected chi connectivity index (χ1v) is 7.76. The molecule has 104 valence electrons. The van der Waals surface area contributed by atoms with E-state index in [1.807, 2.05) is 0 Å². The zero-order chi connectivity index (χ0) is 13.2. The van der Waals surface area contributed by atoms with Gasteiger partial charge in [0.2, 0.25) is 5.16 Å². The number of nitrogens with two attached hydrogens (primary N) is 1. The van der Waals surface area contributed by atoms with Crippen LogP contribution >= 0.6 is 11.8 Å². The van der Waals surface area contributed by atoms with E-state index in [2.05, 4.69) is 22.3 Å². The lowest BCUT2D eigenvalue weighted by Crippen LogP contribution is -2.16. The zero-order valence-corrected chi connectivity index (χ0v) is 12.0. The summed E-state index contributed by atoms with van der Waals surface area (Å²) < 4.78 is 6.64. The lowest BCUT2D eigenvalue weighted by Gasteiger charge is -2.16. The highest BCUT2D eigenvalue weighted by molar-refractivity contribution is 7.99. The molecule has 0 radical (unpaired) electrons. The van der Waals surface area contributed by atoms with Gasteiger partial charge in [0.05, 0.1) is 6.61 Å². The number of nitrogens with zero attached hydrogens (tertiary/aromatic N) is 3. The molecule has 1 fully saturated rings. The zero-order valence-electron chi connectivity index (χ0n) is 11.2. The molecule has 1 aromatic rings. The highest BCUT2D eigenvalue weighted by Crippen LogP contribution is 2.45. The average molecular weight is 280 g/mol. The molecule has 1 unspecified atom stereocenters. The SMILES string of the molecule is COCCc1nnc(SCC2C[C@H]3C=C[C@@H]2C3)n1N. The van der Waals surface area contributed by atoms with Crippen molar-refractivity contribution in [3.63, 3.8) is 0 Å². The molecule has 3 rings (SSSR count). The molecule has 1 saturated carbocycles. The van der Waals surface area contributed by atoms with Crippen molar-refractivity contribution in [2.75, 3.05) is 25.3 Å². The Morgan fingerprint density at radius 2 is 2.32 bits per heavy atom. The molecule has 2 aliphatic carbocycles. The number of aromatic nitrogens is 3. The van der Waals surface area contributed by atoms with Crippen LogP contribution in [-0.2, 0) is 11.2 Å². The third kappa shape index (κ3) is 2.65. The minimum atomic E-state index is 0.622. The van der Waals surface area contributed by atoms with E-state index in [1.54, 1.807) is 23.5 Å². The fourth-order valence-electron chi connectivity index (χ4n) is 3.04. The van der Waals surface area contributed by atoms with Crippen LogP contribution in [0.15, 0.2) is 17.3 Å². The number of rotatable bonds is 6. The highest BCUT2D eigenvalue weighted by Gasteiger charge is 2.35. The van der Waals surface area contributed by atoms with Crippen LogP contribution in [0.25, 0.3) is 0 Å². The fourth-order valence-corrected chi connectivity index (χ4v) is 4.13. The molecular formula is C13H20N4OS. The third-order valence-corrected chi connectivity index (χ3v) is 5.24. The van der Waals surface area contributed by atoms with Gasteiger partial charge in [0.25, 0.3) is 0 Å². The van der Waals surface area contributed by atoms with E-state index in [-0.39, 0.29) is 0 Å². The number of fused-ring (bicyclic) bond motifs is 2. The van der Waals surface area contributed by atoms with Gasteiger partial charge in [-0.1, -0.05) is 23.9 Å². The van der Waals surface area contributed by atoms with Gasteiger partial charge in [0.15, 0.2) is 5.82 Å². The smallest absolute Gasteiger partial charge is 0.209 e. The van der Waals surface area contributed by atoms with Crippen LogP contribution in [0.1, 0.15) is 18.7 Å². The van der Waals surface area contributed by atoms with Crippen LogP contribution in [0.2, 0.25) is 0 Å². The standard InChI is InChI=1S/C13H20N4OS/c1-18-5-4-12-15-16-13(17(12)14)19-8-11-7-9-2-3-10(11)6-9/h2-3,9-11H,4-8,14H2,1H3/t9-,10+,11?/m0/s1. The molecule has 19 heavy (non-hydrogen) atoms. The molecule has 2 bridgehead atoms. The highest BCUT2D eigenvalue weighted by atomic mass is 32.2. The van der Waals surface area contributed by atoms with Crippen LogP contribution < -0.4 is 5.84 Å². The van der Waals surface area contributed by atoms with Gasteiger partial charge in [-0.2, -0.15) is 0 Å². The van der Waals surface area contributed by atoms with Crippen LogP contribution in [0.4, 0.5) is 0 Å². The number of methoxy groups -OCH3 is 1. The summed E-state index contributed by atoms with van der Waals surface area (Å²) in [5.41, 5.74) is 0. The van der Waals surface area contributed by atoms with E-state index >= 15 is 0 Å². The van der Waals surface area contributed by atoms with Crippen LogP contribution in [-0.4, -0.2) is 34.3 Å². The van der Waals surface area contributed by atoms with Crippen molar-refractivity contribution in [2.45, 2.75) is 24.4 Å². The number of hydrogen-bond donors (Lipinski definition) is 1. The maximum Gasteiger partial charge on any atom is 0.209 e. The lowest BCUT2D eigenvalue weighted by atomic mass is 9.96. The second-order valence-corrected chi connectivity index (χ2v) is 6.35. The van der Waals surface area contributed by atoms with Crippen molar-refractivity contribution in [3.8, 4) is 0 Å². The monoisotopic (exact) mass is 280 g/mol. The second kappa shape index (κ2) is 5.54. The Hall–Kier alpha value is -1.01. The molecule has 0 amide bonds. The summed E-state index contributed by atoms with van der Waals surface area (Å²) in [6.45, 7) is 0.622. The van der Waals surface area contributed by atoms with Crippen molar-refractivity contribution < 1.29 is 4.74 Å². The molecule has 3 atom stereocenters. The molecule has 0 aliphatic heterocycles. The van der Waals surface area contributed by atoms with E-state index in [9.17, 15) is 0 Å². The Kier molecular flexibility index (Phi) is 3.79. The fraction of sp³-hybridized carbons (Fsp3) is 0.692. The van der Waals surface area contributed by atoms with Gasteiger partial charge < -0.3 is 10.6 Å². The van der Waals surface area contributed by atoms with E-state index in [0.29, 0.717) is 13.0 Å². The number of allylic oxidation sites excluding steroid dienone is 2. The minimum absolute atomic E-state index is 0.622. The van der Waals surface area contributed by atoms with Gasteiger partial charge >= 0.3 is 0 Å². The molecule has 0 aromatic carbocycles. The normalized spacial score (nSPS) is 28.4. The van der Waals surface area contributed by atoms with Crippen LogP contribution in [0.3, 0.4) is 0 Å². The van der Waals surface area contributed by atoms with E-state index in [4.69, 9.17) is 10.6 Å². The average Bonchev–Trinajstić information content (AvgIpc) is 3.10. The van der Waals surface area contributed by atoms with Gasteiger partial charge in [-0.05, 0) is 30.6 Å². The Morgan fingerprint density at radius 1 is 1.42 bits per heavy atom. The minimum Gasteiger partial charge on any atom is -0.384 e. The molecule has 0 spiro atoms. The Bertz CT molecular complexity index is 473. The first kappa shape index (κ1) is 13.0. The Labute approximate surface area is 117 Å². The van der Waals surface area contributed by atoms with Crippen molar-refractivity contribution in [1.82, 2.24) is 14.9 Å². The summed E-state index contributed by atoms with van der Waals surface area (Å²) in [6, 6.07) is 0. The maximum absolute atomic E-state index is 6.01. The maximum atomic E-state index is 6.01. The van der Waals surface area contributed by atoms with Crippen molar-refractivity contribution >= 4 is 11.8 Å². The van der Waals surface area contributed by atoms with Crippen LogP contribution in [0, 0.1) is 17.8 Å². The first-order valence-electron chi connectivity index (χ1n) is 6.77. The van der Waals surface area contributed by atoms with E-state index in [1.165, 1.54) is 12.8 Å². The summed E-state index contributed by atoms with van der Waals surface area (Å²) in [7, 11) is 1.68. The summed E-state index contributed by atoms with van der Waals surface area (Å²) >= 11 is 1.73. The number of hydrogen-bond acceptors (Lipinski definition) is 5. The summed E-state index contributed by atoms with van der Waals surface area (Å²) in [4.78, 5) is 0. The largest absolute Gasteiger partial charge is 0.384 e. The van der Waals surface area contributed by atoms with Crippen LogP contribution in [0.5, 0.6) is 0 Å². The van der Waals surface area contributed by atoms with Gasteiger partial charge in [-0.15, -0.1) is 10.2 Å². The van der Waals surface area contributed by atoms with Gasteiger partial charge in [0, 0.05) is 19.3 Å². The molecule has 2 aliphatic rings. The van der Waals surface area contributed by atoms with E-state index in [0.717, 1.165) is 34.5 Å². The number of thioether (sulfide) groups is 1. The lowest BCUT2D eigenvalue weighted by molar-refractivity contribution is 0.200. The first-order chi connectivity index (χ1) is 9.28. The second-order valence-electron chi connectivity index (χ2n) is 5.36. The molecule has 0 saturated heterocycles. The van der Waals surface area contributed by atoms with Crippen molar-refractivity contribution in [2.24, 2.45) is 17.8 Å². The van der Waals surface area contributed by atoms with Gasteiger partial charge in [0.1, 0.15) is 0 Å².